The van der Waals surface area contributed by atoms with Gasteiger partial charge >= 0.3 is 0 Å². The predicted molar refractivity (Wildman–Crippen MR) is 95.3 cm³/mol. The smallest absolute Gasteiger partial charge is 0.223 e. The predicted octanol–water partition coefficient (Wildman–Crippen LogP) is 2.52. The molecule has 2 heterocycles. The maximum absolute atomic E-state index is 12.2. The van der Waals surface area contributed by atoms with Crippen molar-refractivity contribution in [2.45, 2.75) is 39.2 Å². The van der Waals surface area contributed by atoms with Gasteiger partial charge in [-0.2, -0.15) is 5.10 Å². The van der Waals surface area contributed by atoms with Crippen LogP contribution in [0, 0.1) is 17.8 Å². The van der Waals surface area contributed by atoms with E-state index in [1.165, 1.54) is 18.4 Å². The van der Waals surface area contributed by atoms with Crippen LogP contribution in [0.25, 0.3) is 0 Å². The van der Waals surface area contributed by atoms with E-state index in [0.29, 0.717) is 18.3 Å². The highest BCUT2D eigenvalue weighted by atomic mass is 16.2. The maximum Gasteiger partial charge on any atom is 0.223 e. The molecule has 3 rings (SSSR count). The molecule has 0 unspecified atom stereocenters. The number of hydrogen-bond acceptors (Lipinski definition) is 3. The number of carbonyl (C=O) groups excluding carboxylic acids is 1. The molecule has 1 amide bonds. The molecule has 1 aliphatic heterocycles. The fraction of sp³-hybridized carbons (Fsp3) is 0.684. The Labute approximate surface area is 145 Å². The molecular formula is C19H30N4O. The molecule has 0 spiro atoms. The highest BCUT2D eigenvalue weighted by Gasteiger charge is 2.38. The van der Waals surface area contributed by atoms with Gasteiger partial charge in [-0.25, -0.2) is 0 Å². The summed E-state index contributed by atoms with van der Waals surface area (Å²) in [4.78, 5) is 14.1. The molecule has 0 saturated carbocycles. The van der Waals surface area contributed by atoms with E-state index in [-0.39, 0.29) is 11.9 Å². The van der Waals surface area contributed by atoms with Crippen LogP contribution < -0.4 is 5.32 Å². The molecule has 2 aliphatic rings. The van der Waals surface area contributed by atoms with Gasteiger partial charge in [0.25, 0.3) is 0 Å². The Morgan fingerprint density at radius 3 is 2.79 bits per heavy atom. The maximum atomic E-state index is 12.2. The van der Waals surface area contributed by atoms with E-state index in [4.69, 9.17) is 0 Å². The number of likely N-dealkylation sites (tertiary alicyclic amines) is 1. The van der Waals surface area contributed by atoms with E-state index in [1.807, 2.05) is 36.1 Å². The van der Waals surface area contributed by atoms with Gasteiger partial charge in [0.1, 0.15) is 0 Å². The first-order chi connectivity index (χ1) is 11.5. The lowest BCUT2D eigenvalue weighted by molar-refractivity contribution is -0.127. The molecule has 0 bridgehead atoms. The van der Waals surface area contributed by atoms with Gasteiger partial charge in [0, 0.05) is 51.3 Å². The molecule has 1 aromatic heterocycles. The number of amides is 1. The second kappa shape index (κ2) is 7.09. The average molecular weight is 330 g/mol. The molecule has 5 nitrogen and oxygen atoms in total. The Balaban J connectivity index is 1.62. The van der Waals surface area contributed by atoms with Crippen molar-refractivity contribution in [1.29, 1.82) is 0 Å². The Bertz CT molecular complexity index is 621. The van der Waals surface area contributed by atoms with Crippen LogP contribution in [0.4, 0.5) is 0 Å². The average Bonchev–Trinajstić information content (AvgIpc) is 3.06. The van der Waals surface area contributed by atoms with Gasteiger partial charge in [-0.05, 0) is 31.6 Å². The topological polar surface area (TPSA) is 50.2 Å². The van der Waals surface area contributed by atoms with Crippen molar-refractivity contribution < 1.29 is 4.79 Å². The highest BCUT2D eigenvalue weighted by molar-refractivity contribution is 5.79. The number of rotatable bonds is 5. The number of allylic oxidation sites excluding steroid dienone is 1. The Kier molecular flexibility index (Phi) is 5.09. The summed E-state index contributed by atoms with van der Waals surface area (Å²) in [6, 6.07) is 0.138. The zero-order valence-corrected chi connectivity index (χ0v) is 15.3. The van der Waals surface area contributed by atoms with E-state index < -0.39 is 0 Å². The van der Waals surface area contributed by atoms with E-state index in [9.17, 15) is 4.79 Å². The molecule has 0 aromatic carbocycles. The van der Waals surface area contributed by atoms with Crippen molar-refractivity contribution in [2.75, 3.05) is 20.1 Å². The Hall–Kier alpha value is -1.62. The normalized spacial score (nSPS) is 30.8. The number of aryl methyl sites for hydroxylation is 1. The zero-order valence-electron chi connectivity index (χ0n) is 15.3. The van der Waals surface area contributed by atoms with Gasteiger partial charge in [-0.15, -0.1) is 0 Å². The first-order valence-electron chi connectivity index (χ1n) is 9.09. The third-order valence-electron chi connectivity index (χ3n) is 5.89. The number of nitrogens with zero attached hydrogens (tertiary/aromatic N) is 3. The van der Waals surface area contributed by atoms with Crippen LogP contribution in [0.5, 0.6) is 0 Å². The van der Waals surface area contributed by atoms with Crippen LogP contribution in [-0.2, 0) is 11.8 Å². The summed E-state index contributed by atoms with van der Waals surface area (Å²) in [6.07, 6.45) is 9.43. The molecule has 132 valence electrons. The fourth-order valence-corrected chi connectivity index (χ4v) is 4.39. The minimum atomic E-state index is 0.138. The quantitative estimate of drug-likeness (QED) is 0.844. The lowest BCUT2D eigenvalue weighted by Crippen LogP contribution is -2.34. The second-order valence-electron chi connectivity index (χ2n) is 7.63. The Morgan fingerprint density at radius 2 is 2.12 bits per heavy atom. The minimum Gasteiger partial charge on any atom is -0.338 e. The molecule has 1 N–H and O–H groups in total. The molecule has 4 atom stereocenters. The monoisotopic (exact) mass is 330 g/mol. The molecule has 1 aliphatic carbocycles. The molecule has 5 heteroatoms. The summed E-state index contributed by atoms with van der Waals surface area (Å²) in [7, 11) is 3.84. The molecule has 24 heavy (non-hydrogen) atoms. The number of carbonyl (C=O) groups is 1. The summed E-state index contributed by atoms with van der Waals surface area (Å²) in [6.45, 7) is 6.51. The van der Waals surface area contributed by atoms with E-state index in [2.05, 4.69) is 30.3 Å². The third kappa shape index (κ3) is 3.41. The van der Waals surface area contributed by atoms with Crippen molar-refractivity contribution in [1.82, 2.24) is 20.0 Å². The van der Waals surface area contributed by atoms with Crippen molar-refractivity contribution >= 4 is 5.91 Å². The number of hydrogen-bond donors (Lipinski definition) is 1. The van der Waals surface area contributed by atoms with Crippen LogP contribution >= 0.6 is 0 Å². The summed E-state index contributed by atoms with van der Waals surface area (Å²) >= 11 is 0. The van der Waals surface area contributed by atoms with Crippen LogP contribution in [0.15, 0.2) is 24.0 Å². The SMILES string of the molecule is CC1=CCC[C@H](C)[C@@H]1CNC[C@@H]1CC(=O)N(C)[C@H]1c1cnn(C)c1. The first kappa shape index (κ1) is 17.2. The lowest BCUT2D eigenvalue weighted by Gasteiger charge is -2.30. The van der Waals surface area contributed by atoms with Crippen molar-refractivity contribution in [3.63, 3.8) is 0 Å². The van der Waals surface area contributed by atoms with Crippen LogP contribution in [0.2, 0.25) is 0 Å². The fourth-order valence-electron chi connectivity index (χ4n) is 4.39. The summed E-state index contributed by atoms with van der Waals surface area (Å²) in [5.74, 6) is 1.92. The molecule has 1 saturated heterocycles. The van der Waals surface area contributed by atoms with Gasteiger partial charge in [0.2, 0.25) is 5.91 Å². The second-order valence-corrected chi connectivity index (χ2v) is 7.63. The number of aromatic nitrogens is 2. The Morgan fingerprint density at radius 1 is 1.33 bits per heavy atom. The van der Waals surface area contributed by atoms with Crippen LogP contribution in [0.3, 0.4) is 0 Å². The molecule has 0 radical (unpaired) electrons. The highest BCUT2D eigenvalue weighted by Crippen LogP contribution is 2.36. The van der Waals surface area contributed by atoms with Crippen molar-refractivity contribution in [2.24, 2.45) is 24.8 Å². The van der Waals surface area contributed by atoms with Crippen LogP contribution in [0.1, 0.15) is 44.7 Å². The largest absolute Gasteiger partial charge is 0.338 e. The van der Waals surface area contributed by atoms with Gasteiger partial charge in [0.15, 0.2) is 0 Å². The zero-order chi connectivity index (χ0) is 17.3. The molecular weight excluding hydrogens is 300 g/mol. The first-order valence-corrected chi connectivity index (χ1v) is 9.09. The van der Waals surface area contributed by atoms with E-state index in [0.717, 1.165) is 24.6 Å². The van der Waals surface area contributed by atoms with Crippen molar-refractivity contribution in [3.05, 3.63) is 29.6 Å². The summed E-state index contributed by atoms with van der Waals surface area (Å²) < 4.78 is 1.81. The van der Waals surface area contributed by atoms with Gasteiger partial charge < -0.3 is 10.2 Å². The van der Waals surface area contributed by atoms with E-state index >= 15 is 0 Å². The molecule has 1 fully saturated rings. The standard InChI is InChI=1S/C19H30N4O/c1-13-6-5-7-14(2)17(13)11-20-9-15-8-18(24)23(4)19(15)16-10-21-22(3)12-16/h6,10,12,14-15,17,19-20H,5,7-9,11H2,1-4H3/t14-,15-,17+,19+/m0/s1. The lowest BCUT2D eigenvalue weighted by atomic mass is 9.80. The van der Waals surface area contributed by atoms with E-state index in [1.54, 1.807) is 0 Å². The van der Waals surface area contributed by atoms with Gasteiger partial charge in [-0.3, -0.25) is 9.48 Å². The van der Waals surface area contributed by atoms with Gasteiger partial charge in [0.05, 0.1) is 12.2 Å². The number of nitrogens with one attached hydrogen (secondary N) is 1. The van der Waals surface area contributed by atoms with Crippen LogP contribution in [-0.4, -0.2) is 40.7 Å². The van der Waals surface area contributed by atoms with Crippen molar-refractivity contribution in [3.8, 4) is 0 Å². The minimum absolute atomic E-state index is 0.138. The summed E-state index contributed by atoms with van der Waals surface area (Å²) in [5.41, 5.74) is 2.66. The third-order valence-corrected chi connectivity index (χ3v) is 5.89. The molecule has 1 aromatic rings. The summed E-state index contributed by atoms with van der Waals surface area (Å²) in [5, 5.41) is 7.94. The van der Waals surface area contributed by atoms with Gasteiger partial charge in [-0.1, -0.05) is 18.6 Å².